The molecule has 2 aromatic rings. The van der Waals surface area contributed by atoms with E-state index >= 15 is 0 Å². The van der Waals surface area contributed by atoms with Gasteiger partial charge >= 0.3 is 0 Å². The van der Waals surface area contributed by atoms with Gasteiger partial charge in [-0.3, -0.25) is 9.10 Å². The molecule has 1 aliphatic rings. The van der Waals surface area contributed by atoms with Crippen LogP contribution in [0.4, 0.5) is 11.4 Å². The summed E-state index contributed by atoms with van der Waals surface area (Å²) in [6.45, 7) is 3.94. The molecule has 0 aliphatic carbocycles. The van der Waals surface area contributed by atoms with Crippen LogP contribution in [-0.4, -0.2) is 58.2 Å². The molecule has 3 rings (SSSR count). The first-order valence-electron chi connectivity index (χ1n) is 9.27. The lowest BCUT2D eigenvalue weighted by Gasteiger charge is -2.37. The number of sulfonamides is 1. The van der Waals surface area contributed by atoms with Crippen LogP contribution in [-0.2, 0) is 14.8 Å². The molecule has 0 spiro atoms. The SMILES string of the molecule is Cc1ccc(Cl)cc1N1CCN(C(=O)CN(c2cc(Cl)cc(Cl)c2)S(C)(=O)=O)CC1. The Bertz CT molecular complexity index is 1030. The lowest BCUT2D eigenvalue weighted by atomic mass is 10.1. The second kappa shape index (κ2) is 9.22. The maximum Gasteiger partial charge on any atom is 0.243 e. The first-order chi connectivity index (χ1) is 14.0. The number of hydrogen-bond acceptors (Lipinski definition) is 4. The lowest BCUT2D eigenvalue weighted by molar-refractivity contribution is -0.129. The number of nitrogens with zero attached hydrogens (tertiary/aromatic N) is 3. The number of aryl methyl sites for hydroxylation is 1. The highest BCUT2D eigenvalue weighted by molar-refractivity contribution is 7.92. The molecule has 1 heterocycles. The minimum Gasteiger partial charge on any atom is -0.368 e. The van der Waals surface area contributed by atoms with E-state index in [-0.39, 0.29) is 18.1 Å². The second-order valence-electron chi connectivity index (χ2n) is 7.20. The van der Waals surface area contributed by atoms with E-state index in [0.717, 1.165) is 21.8 Å². The number of rotatable bonds is 5. The molecular formula is C20H22Cl3N3O3S. The van der Waals surface area contributed by atoms with Crippen molar-refractivity contribution < 1.29 is 13.2 Å². The predicted molar refractivity (Wildman–Crippen MR) is 124 cm³/mol. The fourth-order valence-electron chi connectivity index (χ4n) is 3.43. The van der Waals surface area contributed by atoms with Crippen molar-refractivity contribution in [1.82, 2.24) is 4.90 Å². The quantitative estimate of drug-likeness (QED) is 0.634. The molecule has 0 unspecified atom stereocenters. The molecule has 1 fully saturated rings. The van der Waals surface area contributed by atoms with Gasteiger partial charge in [-0.1, -0.05) is 40.9 Å². The summed E-state index contributed by atoms with van der Waals surface area (Å²) in [7, 11) is -3.71. The summed E-state index contributed by atoms with van der Waals surface area (Å²) in [4.78, 5) is 16.7. The zero-order valence-electron chi connectivity index (χ0n) is 16.6. The highest BCUT2D eigenvalue weighted by Crippen LogP contribution is 2.28. The van der Waals surface area contributed by atoms with Crippen molar-refractivity contribution in [2.45, 2.75) is 6.92 Å². The Labute approximate surface area is 192 Å². The molecule has 10 heteroatoms. The fraction of sp³-hybridized carbons (Fsp3) is 0.350. The molecule has 0 aromatic heterocycles. The van der Waals surface area contributed by atoms with Crippen LogP contribution in [0.2, 0.25) is 15.1 Å². The summed E-state index contributed by atoms with van der Waals surface area (Å²) in [5.41, 5.74) is 2.41. The molecule has 1 saturated heterocycles. The van der Waals surface area contributed by atoms with E-state index in [4.69, 9.17) is 34.8 Å². The van der Waals surface area contributed by atoms with Crippen LogP contribution in [0.15, 0.2) is 36.4 Å². The van der Waals surface area contributed by atoms with Gasteiger partial charge < -0.3 is 9.80 Å². The van der Waals surface area contributed by atoms with Crippen LogP contribution in [0.1, 0.15) is 5.56 Å². The third-order valence-electron chi connectivity index (χ3n) is 4.96. The molecule has 0 atom stereocenters. The fourth-order valence-corrected chi connectivity index (χ4v) is 4.94. The number of benzene rings is 2. The topological polar surface area (TPSA) is 60.9 Å². The van der Waals surface area contributed by atoms with Gasteiger partial charge in [0.25, 0.3) is 0 Å². The Balaban J connectivity index is 1.71. The van der Waals surface area contributed by atoms with Crippen LogP contribution in [0, 0.1) is 6.92 Å². The van der Waals surface area contributed by atoms with E-state index in [2.05, 4.69) is 4.90 Å². The van der Waals surface area contributed by atoms with Crippen LogP contribution >= 0.6 is 34.8 Å². The van der Waals surface area contributed by atoms with Crippen LogP contribution in [0.3, 0.4) is 0 Å². The predicted octanol–water partition coefficient (Wildman–Crippen LogP) is 4.07. The Morgan fingerprint density at radius 2 is 1.57 bits per heavy atom. The van der Waals surface area contributed by atoms with Crippen molar-refractivity contribution in [3.8, 4) is 0 Å². The Kier molecular flexibility index (Phi) is 7.07. The molecule has 30 heavy (non-hydrogen) atoms. The van der Waals surface area contributed by atoms with E-state index in [0.29, 0.717) is 41.2 Å². The van der Waals surface area contributed by atoms with Gasteiger partial charge in [0.2, 0.25) is 15.9 Å². The second-order valence-corrected chi connectivity index (χ2v) is 10.4. The maximum absolute atomic E-state index is 12.9. The summed E-state index contributed by atoms with van der Waals surface area (Å²) in [6, 6.07) is 10.2. The zero-order valence-corrected chi connectivity index (χ0v) is 19.7. The van der Waals surface area contributed by atoms with Crippen molar-refractivity contribution in [1.29, 1.82) is 0 Å². The smallest absolute Gasteiger partial charge is 0.243 e. The summed E-state index contributed by atoms with van der Waals surface area (Å²) in [5.74, 6) is -0.279. The van der Waals surface area contributed by atoms with Gasteiger partial charge in [-0.15, -0.1) is 0 Å². The zero-order chi connectivity index (χ0) is 22.1. The minimum absolute atomic E-state index is 0.261. The minimum atomic E-state index is -3.71. The standard InChI is InChI=1S/C20H22Cl3N3O3S/c1-14-3-4-15(21)12-19(14)24-5-7-25(8-6-24)20(27)13-26(30(2,28)29)18-10-16(22)9-17(23)11-18/h3-4,9-12H,5-8,13H2,1-2H3. The normalized spacial score (nSPS) is 14.7. The average Bonchev–Trinajstić information content (AvgIpc) is 2.66. The molecular weight excluding hydrogens is 469 g/mol. The van der Waals surface area contributed by atoms with Gasteiger partial charge in [-0.2, -0.15) is 0 Å². The van der Waals surface area contributed by atoms with E-state index < -0.39 is 10.0 Å². The third kappa shape index (κ3) is 5.52. The third-order valence-corrected chi connectivity index (χ3v) is 6.77. The molecule has 162 valence electrons. The number of anilines is 2. The summed E-state index contributed by atoms with van der Waals surface area (Å²) < 4.78 is 25.7. The van der Waals surface area contributed by atoms with Crippen molar-refractivity contribution in [3.63, 3.8) is 0 Å². The maximum atomic E-state index is 12.9. The van der Waals surface area contributed by atoms with Crippen LogP contribution in [0.25, 0.3) is 0 Å². The summed E-state index contributed by atoms with van der Waals surface area (Å²) >= 11 is 18.1. The van der Waals surface area contributed by atoms with E-state index in [1.165, 1.54) is 18.2 Å². The van der Waals surface area contributed by atoms with Gasteiger partial charge in [0, 0.05) is 46.9 Å². The molecule has 1 aliphatic heterocycles. The molecule has 2 aromatic carbocycles. The Morgan fingerprint density at radius 3 is 2.13 bits per heavy atom. The highest BCUT2D eigenvalue weighted by Gasteiger charge is 2.27. The van der Waals surface area contributed by atoms with Crippen molar-refractivity contribution in [2.24, 2.45) is 0 Å². The first kappa shape index (κ1) is 23.0. The largest absolute Gasteiger partial charge is 0.368 e. The Morgan fingerprint density at radius 1 is 0.967 bits per heavy atom. The molecule has 6 nitrogen and oxygen atoms in total. The number of amides is 1. The first-order valence-corrected chi connectivity index (χ1v) is 12.3. The number of carbonyl (C=O) groups is 1. The number of carbonyl (C=O) groups excluding carboxylic acids is 1. The van der Waals surface area contributed by atoms with Crippen LogP contribution < -0.4 is 9.21 Å². The van der Waals surface area contributed by atoms with E-state index in [1.807, 2.05) is 25.1 Å². The average molecular weight is 491 g/mol. The van der Waals surface area contributed by atoms with Gasteiger partial charge in [0.05, 0.1) is 11.9 Å². The van der Waals surface area contributed by atoms with Gasteiger partial charge in [-0.05, 0) is 42.8 Å². The number of piperazine rings is 1. The number of hydrogen-bond donors (Lipinski definition) is 0. The Hall–Kier alpha value is -1.67. The van der Waals surface area contributed by atoms with E-state index in [1.54, 1.807) is 4.90 Å². The molecule has 0 radical (unpaired) electrons. The molecule has 0 saturated carbocycles. The van der Waals surface area contributed by atoms with Gasteiger partial charge in [0.1, 0.15) is 6.54 Å². The highest BCUT2D eigenvalue weighted by atomic mass is 35.5. The molecule has 1 amide bonds. The van der Waals surface area contributed by atoms with Gasteiger partial charge in [0.15, 0.2) is 0 Å². The van der Waals surface area contributed by atoms with Crippen molar-refractivity contribution in [2.75, 3.05) is 48.2 Å². The van der Waals surface area contributed by atoms with E-state index in [9.17, 15) is 13.2 Å². The van der Waals surface area contributed by atoms with Gasteiger partial charge in [-0.25, -0.2) is 8.42 Å². The number of halogens is 3. The van der Waals surface area contributed by atoms with Crippen LogP contribution in [0.5, 0.6) is 0 Å². The summed E-state index contributed by atoms with van der Waals surface area (Å²) in [6.07, 6.45) is 1.05. The molecule has 0 N–H and O–H groups in total. The van der Waals surface area contributed by atoms with Crippen molar-refractivity contribution in [3.05, 3.63) is 57.0 Å². The lowest BCUT2D eigenvalue weighted by Crippen LogP contribution is -2.52. The summed E-state index contributed by atoms with van der Waals surface area (Å²) in [5, 5.41) is 1.26. The monoisotopic (exact) mass is 489 g/mol. The molecule has 0 bridgehead atoms. The van der Waals surface area contributed by atoms with Crippen molar-refractivity contribution >= 4 is 62.1 Å².